The molecule has 1 heterocycles. The number of epoxide rings is 1. The molecule has 0 amide bonds. The van der Waals surface area contributed by atoms with Crippen molar-refractivity contribution < 1.29 is 19.4 Å². The molecule has 0 aromatic heterocycles. The number of fused-ring (bicyclic) bond motifs is 7. The smallest absolute Gasteiger partial charge is 0.302 e. The van der Waals surface area contributed by atoms with Crippen molar-refractivity contribution in [2.75, 3.05) is 13.2 Å². The fourth-order valence-corrected chi connectivity index (χ4v) is 11.8. The largest absolute Gasteiger partial charge is 0.465 e. The summed E-state index contributed by atoms with van der Waals surface area (Å²) in [6.07, 6.45) is 12.2. The van der Waals surface area contributed by atoms with Crippen molar-refractivity contribution in [2.24, 2.45) is 57.2 Å². The molecule has 0 aromatic rings. The van der Waals surface area contributed by atoms with Crippen molar-refractivity contribution >= 4 is 5.97 Å². The van der Waals surface area contributed by atoms with Crippen molar-refractivity contribution in [1.29, 1.82) is 0 Å². The maximum Gasteiger partial charge on any atom is 0.302 e. The molecule has 4 nitrogen and oxygen atoms in total. The molecule has 1 N–H and O–H groups in total. The van der Waals surface area contributed by atoms with Crippen LogP contribution in [0.3, 0.4) is 0 Å². The van der Waals surface area contributed by atoms with Crippen LogP contribution < -0.4 is 0 Å². The Labute approximate surface area is 213 Å². The summed E-state index contributed by atoms with van der Waals surface area (Å²) in [4.78, 5) is 11.9. The maximum absolute atomic E-state index is 11.9. The average molecular weight is 487 g/mol. The molecule has 0 bridgehead atoms. The predicted octanol–water partition coefficient (Wildman–Crippen LogP) is 6.39. The van der Waals surface area contributed by atoms with Crippen LogP contribution in [0.5, 0.6) is 0 Å². The Kier molecular flexibility index (Phi) is 5.45. The topological polar surface area (TPSA) is 59.1 Å². The van der Waals surface area contributed by atoms with Gasteiger partial charge in [-0.15, -0.1) is 0 Å². The lowest BCUT2D eigenvalue weighted by Crippen LogP contribution is -2.66. The molecular formula is C31H50O4. The lowest BCUT2D eigenvalue weighted by atomic mass is 9.33. The fourth-order valence-electron chi connectivity index (χ4n) is 11.8. The van der Waals surface area contributed by atoms with Crippen LogP contribution in [-0.2, 0) is 14.3 Å². The van der Waals surface area contributed by atoms with Gasteiger partial charge in [-0.1, -0.05) is 27.7 Å². The zero-order chi connectivity index (χ0) is 25.0. The maximum atomic E-state index is 11.9. The summed E-state index contributed by atoms with van der Waals surface area (Å²) in [6, 6.07) is 0. The molecule has 1 saturated heterocycles. The van der Waals surface area contributed by atoms with E-state index in [4.69, 9.17) is 9.47 Å². The monoisotopic (exact) mass is 486 g/mol. The highest BCUT2D eigenvalue weighted by molar-refractivity contribution is 5.65. The lowest BCUT2D eigenvalue weighted by molar-refractivity contribution is -0.240. The van der Waals surface area contributed by atoms with Crippen LogP contribution in [0.4, 0.5) is 0 Å². The van der Waals surface area contributed by atoms with E-state index in [1.54, 1.807) is 6.92 Å². The average Bonchev–Trinajstić information content (AvgIpc) is 3.42. The van der Waals surface area contributed by atoms with E-state index in [9.17, 15) is 9.90 Å². The number of hydrogen-bond donors (Lipinski definition) is 1. The van der Waals surface area contributed by atoms with Crippen LogP contribution in [0.2, 0.25) is 0 Å². The highest BCUT2D eigenvalue weighted by atomic mass is 16.6. The highest BCUT2D eigenvalue weighted by Crippen LogP contribution is 2.77. The molecule has 0 aromatic carbocycles. The molecule has 0 radical (unpaired) electrons. The van der Waals surface area contributed by atoms with E-state index in [2.05, 4.69) is 34.6 Å². The molecule has 5 unspecified atom stereocenters. The van der Waals surface area contributed by atoms with Gasteiger partial charge in [0.15, 0.2) is 0 Å². The van der Waals surface area contributed by atoms with Gasteiger partial charge in [0.05, 0.1) is 24.9 Å². The molecule has 6 aliphatic rings. The van der Waals surface area contributed by atoms with Gasteiger partial charge < -0.3 is 14.6 Å². The van der Waals surface area contributed by atoms with E-state index in [0.29, 0.717) is 52.4 Å². The SMILES string of the molecule is CC(=O)OC[C@]12CC[C@@H](C3(C)CO3)C1C1CCC3[C@@]4(C)CC[C@H](O)[C@H](C)C4CC[C@@]3(C)[C@]1(C)CC2. The minimum absolute atomic E-state index is 0.0389. The summed E-state index contributed by atoms with van der Waals surface area (Å²) < 4.78 is 11.9. The Balaban J connectivity index is 1.37. The van der Waals surface area contributed by atoms with Gasteiger partial charge in [0.2, 0.25) is 0 Å². The fraction of sp³-hybridized carbons (Fsp3) is 0.968. The van der Waals surface area contributed by atoms with Crippen LogP contribution in [0.1, 0.15) is 106 Å². The standard InChI is InChI=1S/C31H50O4/c1-19-21-9-13-29(5)25(27(21,3)12-11-24(19)33)8-7-22-26-23(30(6)17-35-30)10-14-31(26,18-34-20(2)32)16-15-28(22,29)4/h19,21-26,33H,7-18H2,1-6H3/t19-,21?,22?,23-,24+,25?,26?,27+,28-,29-,30?,31-/m1/s1. The van der Waals surface area contributed by atoms with Crippen molar-refractivity contribution in [1.82, 2.24) is 0 Å². The third-order valence-electron chi connectivity index (χ3n) is 14.1. The molecule has 198 valence electrons. The van der Waals surface area contributed by atoms with E-state index in [0.717, 1.165) is 18.9 Å². The zero-order valence-electron chi connectivity index (χ0n) is 23.2. The Bertz CT molecular complexity index is 881. The molecule has 5 saturated carbocycles. The van der Waals surface area contributed by atoms with E-state index < -0.39 is 0 Å². The van der Waals surface area contributed by atoms with Crippen molar-refractivity contribution in [2.45, 2.75) is 117 Å². The molecule has 6 fully saturated rings. The van der Waals surface area contributed by atoms with Crippen LogP contribution in [0.25, 0.3) is 0 Å². The van der Waals surface area contributed by atoms with Crippen LogP contribution in [0.15, 0.2) is 0 Å². The van der Waals surface area contributed by atoms with Gasteiger partial charge in [-0.05, 0) is 123 Å². The Morgan fingerprint density at radius 2 is 1.60 bits per heavy atom. The number of aliphatic hydroxyl groups is 1. The van der Waals surface area contributed by atoms with Gasteiger partial charge in [0, 0.05) is 12.3 Å². The molecular weight excluding hydrogens is 436 g/mol. The summed E-state index contributed by atoms with van der Waals surface area (Å²) in [5.41, 5.74) is 1.20. The first kappa shape index (κ1) is 24.7. The van der Waals surface area contributed by atoms with E-state index in [1.807, 2.05) is 0 Å². The first-order valence-corrected chi connectivity index (χ1v) is 14.9. The first-order chi connectivity index (χ1) is 16.4. The summed E-state index contributed by atoms with van der Waals surface area (Å²) in [5.74, 6) is 3.60. The molecule has 12 atom stereocenters. The van der Waals surface area contributed by atoms with Crippen LogP contribution in [0, 0.1) is 57.2 Å². The van der Waals surface area contributed by atoms with Gasteiger partial charge in [-0.2, -0.15) is 0 Å². The van der Waals surface area contributed by atoms with Crippen LogP contribution >= 0.6 is 0 Å². The minimum Gasteiger partial charge on any atom is -0.465 e. The second-order valence-electron chi connectivity index (χ2n) is 15.1. The first-order valence-electron chi connectivity index (χ1n) is 14.9. The summed E-state index contributed by atoms with van der Waals surface area (Å²) in [6.45, 7) is 15.7. The summed E-state index contributed by atoms with van der Waals surface area (Å²) >= 11 is 0. The van der Waals surface area contributed by atoms with Crippen molar-refractivity contribution in [3.05, 3.63) is 0 Å². The number of rotatable bonds is 3. The van der Waals surface area contributed by atoms with E-state index >= 15 is 0 Å². The molecule has 4 heteroatoms. The Hall–Kier alpha value is -0.610. The number of ether oxygens (including phenoxy) is 2. The van der Waals surface area contributed by atoms with E-state index in [-0.39, 0.29) is 23.1 Å². The minimum atomic E-state index is -0.126. The van der Waals surface area contributed by atoms with Gasteiger partial charge in [-0.3, -0.25) is 4.79 Å². The van der Waals surface area contributed by atoms with Gasteiger partial charge in [0.25, 0.3) is 0 Å². The quantitative estimate of drug-likeness (QED) is 0.371. The van der Waals surface area contributed by atoms with E-state index in [1.165, 1.54) is 57.8 Å². The second-order valence-corrected chi connectivity index (χ2v) is 15.1. The number of carbonyl (C=O) groups excluding carboxylic acids is 1. The second kappa shape index (κ2) is 7.71. The number of carbonyl (C=O) groups is 1. The lowest BCUT2D eigenvalue weighted by Gasteiger charge is -2.72. The van der Waals surface area contributed by atoms with Crippen LogP contribution in [-0.4, -0.2) is 36.0 Å². The Morgan fingerprint density at radius 1 is 0.886 bits per heavy atom. The third kappa shape index (κ3) is 3.20. The normalized spacial score (nSPS) is 59.0. The molecule has 1 aliphatic heterocycles. The Morgan fingerprint density at radius 3 is 2.29 bits per heavy atom. The number of aliphatic hydroxyl groups excluding tert-OH is 1. The number of esters is 1. The molecule has 5 aliphatic carbocycles. The molecule has 35 heavy (non-hydrogen) atoms. The molecule has 6 rings (SSSR count). The third-order valence-corrected chi connectivity index (χ3v) is 14.1. The van der Waals surface area contributed by atoms with Gasteiger partial charge >= 0.3 is 5.97 Å². The van der Waals surface area contributed by atoms with Gasteiger partial charge in [-0.25, -0.2) is 0 Å². The predicted molar refractivity (Wildman–Crippen MR) is 137 cm³/mol. The summed E-state index contributed by atoms with van der Waals surface area (Å²) in [5, 5.41) is 10.7. The van der Waals surface area contributed by atoms with Crippen molar-refractivity contribution in [3.63, 3.8) is 0 Å². The summed E-state index contributed by atoms with van der Waals surface area (Å²) in [7, 11) is 0. The highest BCUT2D eigenvalue weighted by Gasteiger charge is 2.72. The van der Waals surface area contributed by atoms with Gasteiger partial charge in [0.1, 0.15) is 0 Å². The van der Waals surface area contributed by atoms with Crippen molar-refractivity contribution in [3.8, 4) is 0 Å². The molecule has 0 spiro atoms. The number of hydrogen-bond acceptors (Lipinski definition) is 4. The zero-order valence-corrected chi connectivity index (χ0v) is 23.2.